The zero-order chi connectivity index (χ0) is 26.0. The van der Waals surface area contributed by atoms with E-state index in [0.29, 0.717) is 29.2 Å². The number of thiazole rings is 1. The van der Waals surface area contributed by atoms with E-state index >= 15 is 0 Å². The Labute approximate surface area is 211 Å². The quantitative estimate of drug-likeness (QED) is 0.287. The fourth-order valence-corrected chi connectivity index (χ4v) is 5.84. The molecular weight excluding hydrogens is 495 g/mol. The van der Waals surface area contributed by atoms with E-state index in [-0.39, 0.29) is 4.75 Å². The molecule has 0 aliphatic carbocycles. The van der Waals surface area contributed by atoms with E-state index < -0.39 is 23.3 Å². The van der Waals surface area contributed by atoms with Crippen LogP contribution in [0.15, 0.2) is 53.6 Å². The topological polar surface area (TPSA) is 59.4 Å². The fourth-order valence-electron chi connectivity index (χ4n) is 3.55. The van der Waals surface area contributed by atoms with Gasteiger partial charge < -0.3 is 9.84 Å². The van der Waals surface area contributed by atoms with Gasteiger partial charge in [0.05, 0.1) is 10.3 Å². The highest BCUT2D eigenvalue weighted by Crippen LogP contribution is 2.45. The van der Waals surface area contributed by atoms with E-state index in [1.807, 2.05) is 26.0 Å². The SMILES string of the molecule is CCCC(C)(Oc1ccc(SC(C)(C)c2cnc(-c3ccc(C(F)(F)F)cc3)s2)cc1C)C(=O)O. The number of nitrogens with zero attached hydrogens (tertiary/aromatic N) is 1. The minimum absolute atomic E-state index is 0.353. The van der Waals surface area contributed by atoms with E-state index in [1.54, 1.807) is 30.9 Å². The van der Waals surface area contributed by atoms with Gasteiger partial charge in [-0.05, 0) is 70.0 Å². The lowest BCUT2D eigenvalue weighted by molar-refractivity contribution is -0.154. The number of halogens is 3. The van der Waals surface area contributed by atoms with Crippen LogP contribution >= 0.6 is 23.1 Å². The number of hydrogen-bond acceptors (Lipinski definition) is 5. The molecule has 0 amide bonds. The molecule has 3 aromatic rings. The van der Waals surface area contributed by atoms with Crippen molar-refractivity contribution in [1.82, 2.24) is 4.98 Å². The van der Waals surface area contributed by atoms with Crippen LogP contribution in [0.4, 0.5) is 13.2 Å². The normalized spacial score (nSPS) is 13.9. The number of aromatic nitrogens is 1. The third-order valence-electron chi connectivity index (χ3n) is 5.59. The highest BCUT2D eigenvalue weighted by atomic mass is 32.2. The highest BCUT2D eigenvalue weighted by molar-refractivity contribution is 8.00. The zero-order valence-electron chi connectivity index (χ0n) is 20.2. The lowest BCUT2D eigenvalue weighted by Gasteiger charge is -2.27. The zero-order valence-corrected chi connectivity index (χ0v) is 21.8. The van der Waals surface area contributed by atoms with Gasteiger partial charge in [0.1, 0.15) is 10.8 Å². The van der Waals surface area contributed by atoms with Crippen molar-refractivity contribution in [3.63, 3.8) is 0 Å². The Kier molecular flexibility index (Phi) is 7.91. The summed E-state index contributed by atoms with van der Waals surface area (Å²) in [5, 5.41) is 10.3. The Morgan fingerprint density at radius 1 is 1.11 bits per heavy atom. The van der Waals surface area contributed by atoms with Crippen molar-refractivity contribution in [1.29, 1.82) is 0 Å². The maximum absolute atomic E-state index is 12.8. The van der Waals surface area contributed by atoms with Crippen LogP contribution in [0.1, 0.15) is 56.5 Å². The number of alkyl halides is 3. The van der Waals surface area contributed by atoms with Crippen molar-refractivity contribution in [2.24, 2.45) is 0 Å². The third-order valence-corrected chi connectivity index (χ3v) is 8.31. The molecule has 1 atom stereocenters. The number of carboxylic acid groups (broad SMARTS) is 1. The van der Waals surface area contributed by atoms with Gasteiger partial charge in [-0.2, -0.15) is 13.2 Å². The van der Waals surface area contributed by atoms with Gasteiger partial charge in [-0.3, -0.25) is 0 Å². The summed E-state index contributed by atoms with van der Waals surface area (Å²) < 4.78 is 44.1. The number of aliphatic carboxylic acids is 1. The lowest BCUT2D eigenvalue weighted by atomic mass is 10.0. The number of thioether (sulfide) groups is 1. The summed E-state index contributed by atoms with van der Waals surface area (Å²) in [6, 6.07) is 10.7. The second kappa shape index (κ2) is 10.2. The van der Waals surface area contributed by atoms with Gasteiger partial charge in [0.25, 0.3) is 0 Å². The van der Waals surface area contributed by atoms with Gasteiger partial charge in [-0.15, -0.1) is 23.1 Å². The number of hydrogen-bond donors (Lipinski definition) is 1. The van der Waals surface area contributed by atoms with Gasteiger partial charge in [0.2, 0.25) is 5.60 Å². The Balaban J connectivity index is 1.77. The first kappa shape index (κ1) is 27.1. The van der Waals surface area contributed by atoms with Crippen LogP contribution in [0, 0.1) is 6.92 Å². The van der Waals surface area contributed by atoms with Crippen molar-refractivity contribution in [3.8, 4) is 16.3 Å². The van der Waals surface area contributed by atoms with Crippen LogP contribution in [0.5, 0.6) is 5.75 Å². The van der Waals surface area contributed by atoms with Crippen molar-refractivity contribution in [2.45, 2.75) is 68.9 Å². The average Bonchev–Trinajstić information content (AvgIpc) is 3.26. The van der Waals surface area contributed by atoms with Crippen molar-refractivity contribution in [2.75, 3.05) is 0 Å². The van der Waals surface area contributed by atoms with Crippen LogP contribution in [0.3, 0.4) is 0 Å². The molecule has 0 bridgehead atoms. The minimum Gasteiger partial charge on any atom is -0.478 e. The van der Waals surface area contributed by atoms with Gasteiger partial charge in [-0.1, -0.05) is 25.5 Å². The molecule has 3 rings (SSSR count). The van der Waals surface area contributed by atoms with Crippen LogP contribution < -0.4 is 4.74 Å². The van der Waals surface area contributed by atoms with Gasteiger partial charge in [0, 0.05) is 21.5 Å². The Morgan fingerprint density at radius 3 is 2.31 bits per heavy atom. The van der Waals surface area contributed by atoms with Gasteiger partial charge >= 0.3 is 12.1 Å². The molecular formula is C26H28F3NO3S2. The van der Waals surface area contributed by atoms with Crippen molar-refractivity contribution in [3.05, 3.63) is 64.7 Å². The Hall–Kier alpha value is -2.52. The van der Waals surface area contributed by atoms with E-state index in [4.69, 9.17) is 4.74 Å². The van der Waals surface area contributed by atoms with E-state index in [1.165, 1.54) is 23.5 Å². The highest BCUT2D eigenvalue weighted by Gasteiger charge is 2.35. The van der Waals surface area contributed by atoms with Gasteiger partial charge in [0.15, 0.2) is 0 Å². The number of rotatable bonds is 9. The maximum atomic E-state index is 12.8. The van der Waals surface area contributed by atoms with Crippen LogP contribution in [0.25, 0.3) is 10.6 Å². The number of benzene rings is 2. The molecule has 0 saturated heterocycles. The second-order valence-electron chi connectivity index (χ2n) is 9.03. The molecule has 1 N–H and O–H groups in total. The standard InChI is InChI=1S/C26H28F3NO3S2/c1-6-13-25(5,23(31)32)33-20-12-11-19(14-16(20)2)35-24(3,4)21-15-30-22(34-21)17-7-9-18(10-8-17)26(27,28)29/h7-12,14-15H,6,13H2,1-5H3,(H,31,32). The number of carbonyl (C=O) groups is 1. The van der Waals surface area contributed by atoms with Crippen molar-refractivity contribution < 1.29 is 27.8 Å². The van der Waals surface area contributed by atoms with E-state index in [9.17, 15) is 23.1 Å². The Morgan fingerprint density at radius 2 is 1.77 bits per heavy atom. The van der Waals surface area contributed by atoms with E-state index in [2.05, 4.69) is 18.8 Å². The molecule has 4 nitrogen and oxygen atoms in total. The summed E-state index contributed by atoms with van der Waals surface area (Å²) in [6.45, 7) is 9.51. The minimum atomic E-state index is -4.37. The molecule has 1 heterocycles. The predicted octanol–water partition coefficient (Wildman–Crippen LogP) is 8.19. The molecule has 0 fully saturated rings. The molecule has 1 aromatic heterocycles. The average molecular weight is 524 g/mol. The number of aryl methyl sites for hydroxylation is 1. The molecule has 0 radical (unpaired) electrons. The van der Waals surface area contributed by atoms with Crippen molar-refractivity contribution >= 4 is 29.1 Å². The van der Waals surface area contributed by atoms with Crippen LogP contribution in [-0.2, 0) is 15.7 Å². The molecule has 0 spiro atoms. The maximum Gasteiger partial charge on any atom is 0.416 e. The first-order chi connectivity index (χ1) is 16.2. The molecule has 2 aromatic carbocycles. The smallest absolute Gasteiger partial charge is 0.416 e. The van der Waals surface area contributed by atoms with Gasteiger partial charge in [-0.25, -0.2) is 9.78 Å². The van der Waals surface area contributed by atoms with Crippen LogP contribution in [-0.4, -0.2) is 21.7 Å². The third kappa shape index (κ3) is 6.38. The molecule has 0 aliphatic heterocycles. The van der Waals surface area contributed by atoms with E-state index in [0.717, 1.165) is 27.5 Å². The second-order valence-corrected chi connectivity index (χ2v) is 11.8. The summed E-state index contributed by atoms with van der Waals surface area (Å²) in [4.78, 5) is 18.1. The molecule has 35 heavy (non-hydrogen) atoms. The molecule has 9 heteroatoms. The summed E-state index contributed by atoms with van der Waals surface area (Å²) in [7, 11) is 0. The summed E-state index contributed by atoms with van der Waals surface area (Å²) in [6.07, 6.45) is -1.52. The lowest BCUT2D eigenvalue weighted by Crippen LogP contribution is -2.41. The monoisotopic (exact) mass is 523 g/mol. The van der Waals surface area contributed by atoms with Crippen LogP contribution in [0.2, 0.25) is 0 Å². The molecule has 1 unspecified atom stereocenters. The molecule has 0 saturated carbocycles. The first-order valence-corrected chi connectivity index (χ1v) is 12.7. The fraction of sp³-hybridized carbons (Fsp3) is 0.385. The predicted molar refractivity (Wildman–Crippen MR) is 134 cm³/mol. The summed E-state index contributed by atoms with van der Waals surface area (Å²) >= 11 is 3.07. The molecule has 188 valence electrons. The first-order valence-electron chi connectivity index (χ1n) is 11.1. The number of carboxylic acids is 1. The Bertz CT molecular complexity index is 1190. The summed E-state index contributed by atoms with van der Waals surface area (Å²) in [5.41, 5.74) is -0.495. The number of ether oxygens (including phenoxy) is 1. The molecule has 0 aliphatic rings. The summed E-state index contributed by atoms with van der Waals surface area (Å²) in [5.74, 6) is -0.458. The largest absolute Gasteiger partial charge is 0.478 e.